The van der Waals surface area contributed by atoms with Crippen LogP contribution in [0, 0.1) is 5.92 Å². The first kappa shape index (κ1) is 17.4. The van der Waals surface area contributed by atoms with Crippen molar-refractivity contribution in [2.24, 2.45) is 5.92 Å². The Hall–Kier alpha value is -1.39. The third-order valence-corrected chi connectivity index (χ3v) is 5.63. The summed E-state index contributed by atoms with van der Waals surface area (Å²) in [6, 6.07) is 9.12. The van der Waals surface area contributed by atoms with Gasteiger partial charge >= 0.3 is 0 Å². The van der Waals surface area contributed by atoms with E-state index in [1.807, 2.05) is 0 Å². The maximum absolute atomic E-state index is 12.5. The van der Waals surface area contributed by atoms with Crippen molar-refractivity contribution in [1.82, 2.24) is 15.5 Å². The van der Waals surface area contributed by atoms with Crippen molar-refractivity contribution >= 4 is 5.91 Å². The summed E-state index contributed by atoms with van der Waals surface area (Å²) in [7, 11) is 2.12. The third kappa shape index (κ3) is 4.37. The highest BCUT2D eigenvalue weighted by Gasteiger charge is 2.37. The molecular formula is C20H31N3O. The molecule has 4 nitrogen and oxygen atoms in total. The number of rotatable bonds is 6. The molecule has 2 aliphatic rings. The molecule has 1 saturated carbocycles. The van der Waals surface area contributed by atoms with Crippen LogP contribution in [0.2, 0.25) is 0 Å². The van der Waals surface area contributed by atoms with Crippen molar-refractivity contribution < 1.29 is 4.79 Å². The maximum atomic E-state index is 12.5. The monoisotopic (exact) mass is 329 g/mol. The predicted octanol–water partition coefficient (Wildman–Crippen LogP) is 2.68. The molecule has 0 spiro atoms. The normalized spacial score (nSPS) is 26.4. The smallest absolute Gasteiger partial charge is 0.237 e. The van der Waals surface area contributed by atoms with E-state index in [0.29, 0.717) is 18.5 Å². The lowest BCUT2D eigenvalue weighted by molar-refractivity contribution is -0.123. The number of fused-ring (bicyclic) bond motifs is 1. The Morgan fingerprint density at radius 2 is 2.08 bits per heavy atom. The average Bonchev–Trinajstić information content (AvgIpc) is 3.04. The second kappa shape index (κ2) is 8.13. The molecule has 1 saturated heterocycles. The molecule has 24 heavy (non-hydrogen) atoms. The van der Waals surface area contributed by atoms with Crippen molar-refractivity contribution in [1.29, 1.82) is 0 Å². The third-order valence-electron chi connectivity index (χ3n) is 5.63. The molecule has 1 aliphatic carbocycles. The number of benzene rings is 1. The largest absolute Gasteiger partial charge is 0.351 e. The minimum absolute atomic E-state index is 0.00695. The molecule has 4 heteroatoms. The van der Waals surface area contributed by atoms with Gasteiger partial charge in [-0.2, -0.15) is 0 Å². The van der Waals surface area contributed by atoms with E-state index < -0.39 is 0 Å². The van der Waals surface area contributed by atoms with E-state index in [2.05, 4.69) is 53.8 Å². The van der Waals surface area contributed by atoms with E-state index in [1.165, 1.54) is 36.8 Å². The van der Waals surface area contributed by atoms with Gasteiger partial charge in [0.25, 0.3) is 0 Å². The van der Waals surface area contributed by atoms with E-state index >= 15 is 0 Å². The maximum Gasteiger partial charge on any atom is 0.237 e. The summed E-state index contributed by atoms with van der Waals surface area (Å²) in [4.78, 5) is 14.8. The number of amides is 1. The number of carbonyl (C=O) groups is 1. The first-order valence-electron chi connectivity index (χ1n) is 9.46. The lowest BCUT2D eigenvalue weighted by Crippen LogP contribution is -2.42. The summed E-state index contributed by atoms with van der Waals surface area (Å²) in [6.07, 6.45) is 6.17. The number of hydrogen-bond donors (Lipinski definition) is 2. The molecule has 0 aromatic heterocycles. The van der Waals surface area contributed by atoms with Crippen LogP contribution in [-0.2, 0) is 17.9 Å². The SMILES string of the molecule is CCN(C)Cc1cccc(CNC(=O)C2CC3CCCCC3N2)c1. The molecule has 1 aromatic carbocycles. The molecule has 1 amide bonds. The second-order valence-electron chi connectivity index (χ2n) is 7.47. The van der Waals surface area contributed by atoms with Crippen LogP contribution in [-0.4, -0.2) is 36.5 Å². The highest BCUT2D eigenvalue weighted by atomic mass is 16.2. The standard InChI is InChI=1S/C20H31N3O/c1-3-23(2)14-16-8-6-7-15(11-16)13-21-20(24)19-12-17-9-4-5-10-18(17)22-19/h6-8,11,17-19,22H,3-5,9-10,12-14H2,1-2H3,(H,21,24). The van der Waals surface area contributed by atoms with Crippen molar-refractivity contribution in [3.63, 3.8) is 0 Å². The predicted molar refractivity (Wildman–Crippen MR) is 97.6 cm³/mol. The van der Waals surface area contributed by atoms with Gasteiger partial charge in [0, 0.05) is 19.1 Å². The molecule has 3 unspecified atom stereocenters. The van der Waals surface area contributed by atoms with Crippen LogP contribution in [0.4, 0.5) is 0 Å². The zero-order valence-electron chi connectivity index (χ0n) is 15.1. The Kier molecular flexibility index (Phi) is 5.90. The van der Waals surface area contributed by atoms with Gasteiger partial charge in [-0.05, 0) is 49.9 Å². The second-order valence-corrected chi connectivity index (χ2v) is 7.47. The van der Waals surface area contributed by atoms with E-state index in [-0.39, 0.29) is 11.9 Å². The molecule has 3 rings (SSSR count). The van der Waals surface area contributed by atoms with Crippen LogP contribution in [0.1, 0.15) is 50.2 Å². The van der Waals surface area contributed by atoms with Crippen molar-refractivity contribution in [2.45, 2.75) is 64.2 Å². The van der Waals surface area contributed by atoms with Crippen LogP contribution in [0.3, 0.4) is 0 Å². The molecule has 0 bridgehead atoms. The van der Waals surface area contributed by atoms with Crippen molar-refractivity contribution in [3.05, 3.63) is 35.4 Å². The van der Waals surface area contributed by atoms with Crippen LogP contribution in [0.15, 0.2) is 24.3 Å². The summed E-state index contributed by atoms with van der Waals surface area (Å²) in [5.74, 6) is 0.878. The molecule has 3 atom stereocenters. The number of carbonyl (C=O) groups excluding carboxylic acids is 1. The molecule has 0 radical (unpaired) electrons. The Balaban J connectivity index is 1.50. The van der Waals surface area contributed by atoms with Crippen LogP contribution in [0.25, 0.3) is 0 Å². The van der Waals surface area contributed by atoms with Crippen molar-refractivity contribution in [3.8, 4) is 0 Å². The molecular weight excluding hydrogens is 298 g/mol. The van der Waals surface area contributed by atoms with Gasteiger partial charge in [0.15, 0.2) is 0 Å². The zero-order chi connectivity index (χ0) is 16.9. The Morgan fingerprint density at radius 3 is 2.88 bits per heavy atom. The summed E-state index contributed by atoms with van der Waals surface area (Å²) >= 11 is 0. The molecule has 1 aromatic rings. The topological polar surface area (TPSA) is 44.4 Å². The molecule has 2 N–H and O–H groups in total. The summed E-state index contributed by atoms with van der Waals surface area (Å²) in [5, 5.41) is 6.69. The number of hydrogen-bond acceptors (Lipinski definition) is 3. The van der Waals surface area contributed by atoms with Crippen LogP contribution >= 0.6 is 0 Å². The van der Waals surface area contributed by atoms with Crippen molar-refractivity contribution in [2.75, 3.05) is 13.6 Å². The van der Waals surface area contributed by atoms with Gasteiger partial charge in [0.2, 0.25) is 5.91 Å². The van der Waals surface area contributed by atoms with E-state index in [9.17, 15) is 4.79 Å². The highest BCUT2D eigenvalue weighted by Crippen LogP contribution is 2.33. The van der Waals surface area contributed by atoms with Crippen LogP contribution in [0.5, 0.6) is 0 Å². The summed E-state index contributed by atoms with van der Waals surface area (Å²) < 4.78 is 0. The van der Waals surface area contributed by atoms with E-state index in [4.69, 9.17) is 0 Å². The Morgan fingerprint density at radius 1 is 1.29 bits per heavy atom. The fraction of sp³-hybridized carbons (Fsp3) is 0.650. The first-order chi connectivity index (χ1) is 11.7. The van der Waals surface area contributed by atoms with Gasteiger partial charge in [0.05, 0.1) is 6.04 Å². The van der Waals surface area contributed by atoms with E-state index in [1.54, 1.807) is 0 Å². The zero-order valence-corrected chi connectivity index (χ0v) is 15.1. The molecule has 132 valence electrons. The fourth-order valence-electron chi connectivity index (χ4n) is 4.09. The molecule has 1 heterocycles. The highest BCUT2D eigenvalue weighted by molar-refractivity contribution is 5.82. The van der Waals surface area contributed by atoms with Gasteiger partial charge in [-0.1, -0.05) is 44.0 Å². The van der Waals surface area contributed by atoms with Gasteiger partial charge in [-0.15, -0.1) is 0 Å². The Bertz CT molecular complexity index is 546. The minimum Gasteiger partial charge on any atom is -0.351 e. The summed E-state index contributed by atoms with van der Waals surface area (Å²) in [5.41, 5.74) is 2.48. The first-order valence-corrected chi connectivity index (χ1v) is 9.46. The van der Waals surface area contributed by atoms with Crippen LogP contribution < -0.4 is 10.6 Å². The quantitative estimate of drug-likeness (QED) is 0.843. The lowest BCUT2D eigenvalue weighted by atomic mass is 9.85. The lowest BCUT2D eigenvalue weighted by Gasteiger charge is -2.24. The van der Waals surface area contributed by atoms with Gasteiger partial charge in [-0.3, -0.25) is 4.79 Å². The average molecular weight is 329 g/mol. The number of nitrogens with zero attached hydrogens (tertiary/aromatic N) is 1. The van der Waals surface area contributed by atoms with Gasteiger partial charge < -0.3 is 15.5 Å². The molecule has 1 aliphatic heterocycles. The summed E-state index contributed by atoms with van der Waals surface area (Å²) in [6.45, 7) is 4.77. The Labute approximate surface area is 146 Å². The van der Waals surface area contributed by atoms with Gasteiger partial charge in [0.1, 0.15) is 0 Å². The number of nitrogens with one attached hydrogen (secondary N) is 2. The van der Waals surface area contributed by atoms with Gasteiger partial charge in [-0.25, -0.2) is 0 Å². The minimum atomic E-state index is 0.00695. The van der Waals surface area contributed by atoms with E-state index in [0.717, 1.165) is 19.5 Å². The molecule has 2 fully saturated rings. The fourth-order valence-corrected chi connectivity index (χ4v) is 4.09.